The summed E-state index contributed by atoms with van der Waals surface area (Å²) in [6.07, 6.45) is 4.13. The van der Waals surface area contributed by atoms with Crippen LogP contribution in [0.1, 0.15) is 60.1 Å². The average Bonchev–Trinajstić information content (AvgIpc) is 3.24. The molecule has 4 rings (SSSR count). The predicted molar refractivity (Wildman–Crippen MR) is 127 cm³/mol. The van der Waals surface area contributed by atoms with Gasteiger partial charge in [0.15, 0.2) is 5.11 Å². The van der Waals surface area contributed by atoms with E-state index in [0.29, 0.717) is 0 Å². The summed E-state index contributed by atoms with van der Waals surface area (Å²) in [6, 6.07) is 19.3. The number of rotatable bonds is 7. The van der Waals surface area contributed by atoms with Gasteiger partial charge in [0.25, 0.3) is 0 Å². The molecule has 1 aliphatic rings. The third-order valence-electron chi connectivity index (χ3n) is 6.07. The molecular formula is C25H30N4S. The smallest absolute Gasteiger partial charge is 0.170 e. The number of nitrogens with zero attached hydrogens (tertiary/aromatic N) is 3. The summed E-state index contributed by atoms with van der Waals surface area (Å²) in [5, 5.41) is 4.40. The van der Waals surface area contributed by atoms with E-state index in [2.05, 4.69) is 89.1 Å². The Morgan fingerprint density at radius 2 is 1.83 bits per heavy atom. The Kier molecular flexibility index (Phi) is 6.18. The molecule has 1 aliphatic heterocycles. The number of hydrogen-bond acceptors (Lipinski definition) is 2. The average molecular weight is 419 g/mol. The molecule has 1 fully saturated rings. The lowest BCUT2D eigenvalue weighted by atomic mass is 9.96. The summed E-state index contributed by atoms with van der Waals surface area (Å²) in [5.41, 5.74) is 6.27. The highest BCUT2D eigenvalue weighted by Crippen LogP contribution is 2.41. The monoisotopic (exact) mass is 418 g/mol. The van der Waals surface area contributed by atoms with Crippen LogP contribution < -0.4 is 5.32 Å². The zero-order valence-corrected chi connectivity index (χ0v) is 18.8. The highest BCUT2D eigenvalue weighted by Gasteiger charge is 2.40. The van der Waals surface area contributed by atoms with Crippen molar-refractivity contribution in [3.63, 3.8) is 0 Å². The SMILES string of the molecule is CCCCN1C(=S)NC(c2ccccn2)C1c1cc(C)n(Cc2ccccc2)c1C. The van der Waals surface area contributed by atoms with Gasteiger partial charge in [0.05, 0.1) is 17.8 Å². The first-order chi connectivity index (χ1) is 14.6. The van der Waals surface area contributed by atoms with Crippen LogP contribution in [0.4, 0.5) is 0 Å². The largest absolute Gasteiger partial charge is 0.352 e. The zero-order chi connectivity index (χ0) is 21.1. The molecule has 0 saturated carbocycles. The van der Waals surface area contributed by atoms with Crippen LogP contribution in [-0.2, 0) is 6.54 Å². The molecule has 3 aromatic rings. The Morgan fingerprint density at radius 1 is 1.07 bits per heavy atom. The standard InChI is InChI=1S/C25H30N4S/c1-4-5-15-28-24(23(27-25(28)30)22-13-9-10-14-26-22)21-16-18(2)29(19(21)3)17-20-11-7-6-8-12-20/h6-14,16,23-24H,4-5,15,17H2,1-3H3,(H,27,30). The molecule has 1 saturated heterocycles. The lowest BCUT2D eigenvalue weighted by Gasteiger charge is -2.28. The third-order valence-corrected chi connectivity index (χ3v) is 6.42. The second kappa shape index (κ2) is 9.00. The summed E-state index contributed by atoms with van der Waals surface area (Å²) in [7, 11) is 0. The van der Waals surface area contributed by atoms with Crippen LogP contribution in [0, 0.1) is 13.8 Å². The molecule has 0 aliphatic carbocycles. The maximum Gasteiger partial charge on any atom is 0.170 e. The van der Waals surface area contributed by atoms with Gasteiger partial charge in [0.2, 0.25) is 0 Å². The van der Waals surface area contributed by atoms with Crippen LogP contribution >= 0.6 is 12.2 Å². The van der Waals surface area contributed by atoms with Gasteiger partial charge < -0.3 is 14.8 Å². The molecule has 1 aromatic carbocycles. The summed E-state index contributed by atoms with van der Waals surface area (Å²) >= 11 is 5.78. The number of aryl methyl sites for hydroxylation is 1. The number of thiocarbonyl (C=S) groups is 1. The highest BCUT2D eigenvalue weighted by atomic mass is 32.1. The van der Waals surface area contributed by atoms with Crippen molar-refractivity contribution < 1.29 is 0 Å². The molecule has 30 heavy (non-hydrogen) atoms. The fraction of sp³-hybridized carbons (Fsp3) is 0.360. The van der Waals surface area contributed by atoms with Crippen molar-refractivity contribution in [1.82, 2.24) is 19.8 Å². The lowest BCUT2D eigenvalue weighted by Crippen LogP contribution is -2.30. The van der Waals surface area contributed by atoms with Gasteiger partial charge in [0.1, 0.15) is 0 Å². The number of pyridine rings is 1. The summed E-state index contributed by atoms with van der Waals surface area (Å²) in [4.78, 5) is 7.02. The summed E-state index contributed by atoms with van der Waals surface area (Å²) in [6.45, 7) is 8.50. The minimum Gasteiger partial charge on any atom is -0.352 e. The Bertz CT molecular complexity index is 997. The Balaban J connectivity index is 1.74. The topological polar surface area (TPSA) is 33.1 Å². The first-order valence-electron chi connectivity index (χ1n) is 10.8. The zero-order valence-electron chi connectivity index (χ0n) is 18.0. The molecule has 1 N–H and O–H groups in total. The van der Waals surface area contributed by atoms with Crippen molar-refractivity contribution in [1.29, 1.82) is 0 Å². The Hall–Kier alpha value is -2.66. The quantitative estimate of drug-likeness (QED) is 0.527. The number of benzene rings is 1. The first kappa shape index (κ1) is 20.6. The fourth-order valence-corrected chi connectivity index (χ4v) is 4.78. The van der Waals surface area contributed by atoms with E-state index in [4.69, 9.17) is 12.2 Å². The van der Waals surface area contributed by atoms with Gasteiger partial charge in [0, 0.05) is 30.7 Å². The molecule has 0 bridgehead atoms. The normalized spacial score (nSPS) is 18.6. The molecular weight excluding hydrogens is 388 g/mol. The van der Waals surface area contributed by atoms with E-state index in [1.54, 1.807) is 0 Å². The van der Waals surface area contributed by atoms with E-state index in [1.807, 2.05) is 12.3 Å². The van der Waals surface area contributed by atoms with Gasteiger partial charge in [-0.05, 0) is 61.8 Å². The minimum absolute atomic E-state index is 0.0567. The van der Waals surface area contributed by atoms with E-state index in [-0.39, 0.29) is 12.1 Å². The molecule has 3 heterocycles. The van der Waals surface area contributed by atoms with Crippen LogP contribution in [0.2, 0.25) is 0 Å². The molecule has 2 unspecified atom stereocenters. The summed E-state index contributed by atoms with van der Waals surface area (Å²) in [5.74, 6) is 0. The highest BCUT2D eigenvalue weighted by molar-refractivity contribution is 7.80. The molecule has 2 atom stereocenters. The van der Waals surface area contributed by atoms with Crippen LogP contribution in [-0.4, -0.2) is 26.1 Å². The Labute approximate surface area is 184 Å². The van der Waals surface area contributed by atoms with Gasteiger partial charge in [-0.25, -0.2) is 0 Å². The van der Waals surface area contributed by atoms with Gasteiger partial charge in [-0.3, -0.25) is 4.98 Å². The van der Waals surface area contributed by atoms with Crippen molar-refractivity contribution in [3.8, 4) is 0 Å². The van der Waals surface area contributed by atoms with Crippen molar-refractivity contribution in [2.45, 2.75) is 52.2 Å². The van der Waals surface area contributed by atoms with Crippen LogP contribution in [0.15, 0.2) is 60.8 Å². The molecule has 156 valence electrons. The number of aromatic nitrogens is 2. The predicted octanol–water partition coefficient (Wildman–Crippen LogP) is 5.32. The molecule has 0 radical (unpaired) electrons. The van der Waals surface area contributed by atoms with E-state index >= 15 is 0 Å². The fourth-order valence-electron chi connectivity index (χ4n) is 4.45. The second-order valence-corrected chi connectivity index (χ2v) is 8.46. The lowest BCUT2D eigenvalue weighted by molar-refractivity contribution is 0.311. The van der Waals surface area contributed by atoms with Gasteiger partial charge in [-0.15, -0.1) is 0 Å². The van der Waals surface area contributed by atoms with Crippen LogP contribution in [0.25, 0.3) is 0 Å². The van der Waals surface area contributed by atoms with Crippen molar-refractivity contribution in [3.05, 3.63) is 89.0 Å². The Morgan fingerprint density at radius 3 is 2.53 bits per heavy atom. The molecule has 4 nitrogen and oxygen atoms in total. The van der Waals surface area contributed by atoms with Crippen LogP contribution in [0.3, 0.4) is 0 Å². The molecule has 2 aromatic heterocycles. The third kappa shape index (κ3) is 3.99. The summed E-state index contributed by atoms with van der Waals surface area (Å²) < 4.78 is 2.42. The number of unbranched alkanes of at least 4 members (excludes halogenated alkanes) is 1. The second-order valence-electron chi connectivity index (χ2n) is 8.07. The first-order valence-corrected chi connectivity index (χ1v) is 11.2. The maximum atomic E-state index is 5.78. The van der Waals surface area contributed by atoms with Gasteiger partial charge in [-0.1, -0.05) is 49.7 Å². The van der Waals surface area contributed by atoms with Gasteiger partial charge >= 0.3 is 0 Å². The number of hydrogen-bond donors (Lipinski definition) is 1. The molecule has 0 spiro atoms. The van der Waals surface area contributed by atoms with Gasteiger partial charge in [-0.2, -0.15) is 0 Å². The van der Waals surface area contributed by atoms with Crippen molar-refractivity contribution in [2.24, 2.45) is 0 Å². The van der Waals surface area contributed by atoms with E-state index < -0.39 is 0 Å². The van der Waals surface area contributed by atoms with Crippen LogP contribution in [0.5, 0.6) is 0 Å². The minimum atomic E-state index is 0.0567. The number of nitrogens with one attached hydrogen (secondary N) is 1. The maximum absolute atomic E-state index is 5.78. The van der Waals surface area contributed by atoms with E-state index in [0.717, 1.165) is 36.7 Å². The molecule has 0 amide bonds. The van der Waals surface area contributed by atoms with E-state index in [1.165, 1.54) is 22.5 Å². The van der Waals surface area contributed by atoms with Crippen molar-refractivity contribution >= 4 is 17.3 Å². The van der Waals surface area contributed by atoms with Crippen molar-refractivity contribution in [2.75, 3.05) is 6.54 Å². The van der Waals surface area contributed by atoms with E-state index in [9.17, 15) is 0 Å². The molecule has 5 heteroatoms.